The molecular weight excluding hydrogens is 277 g/mol. The SMILES string of the molecule is OC(CCOCC(F)(F)F)c1cccc2ccsc12. The molecule has 0 aliphatic rings. The maximum Gasteiger partial charge on any atom is 0.411 e. The molecule has 6 heteroatoms. The zero-order chi connectivity index (χ0) is 13.9. The lowest BCUT2D eigenvalue weighted by molar-refractivity contribution is -0.175. The monoisotopic (exact) mass is 290 g/mol. The molecule has 104 valence electrons. The van der Waals surface area contributed by atoms with E-state index in [4.69, 9.17) is 0 Å². The van der Waals surface area contributed by atoms with Gasteiger partial charge in [0, 0.05) is 17.7 Å². The molecule has 0 amide bonds. The minimum Gasteiger partial charge on any atom is -0.388 e. The zero-order valence-electron chi connectivity index (χ0n) is 9.98. The maximum absolute atomic E-state index is 11.9. The zero-order valence-corrected chi connectivity index (χ0v) is 10.8. The smallest absolute Gasteiger partial charge is 0.388 e. The predicted octanol–water partition coefficient (Wildman–Crippen LogP) is 3.90. The van der Waals surface area contributed by atoms with Crippen LogP contribution in [0.25, 0.3) is 10.1 Å². The fraction of sp³-hybridized carbons (Fsp3) is 0.385. The molecular formula is C13H13F3O2S. The van der Waals surface area contributed by atoms with E-state index >= 15 is 0 Å². The molecule has 1 aromatic heterocycles. The number of aliphatic hydroxyl groups is 1. The number of thiophene rings is 1. The van der Waals surface area contributed by atoms with Gasteiger partial charge in [-0.3, -0.25) is 0 Å². The van der Waals surface area contributed by atoms with E-state index in [2.05, 4.69) is 4.74 Å². The summed E-state index contributed by atoms with van der Waals surface area (Å²) in [7, 11) is 0. The second-order valence-electron chi connectivity index (χ2n) is 4.16. The number of alkyl halides is 3. The number of rotatable bonds is 5. The van der Waals surface area contributed by atoms with Gasteiger partial charge in [0.15, 0.2) is 0 Å². The Morgan fingerprint density at radius 3 is 2.79 bits per heavy atom. The van der Waals surface area contributed by atoms with Gasteiger partial charge in [0.1, 0.15) is 6.61 Å². The van der Waals surface area contributed by atoms with Crippen molar-refractivity contribution in [3.05, 3.63) is 35.2 Å². The third-order valence-electron chi connectivity index (χ3n) is 2.67. The van der Waals surface area contributed by atoms with Crippen molar-refractivity contribution in [2.75, 3.05) is 13.2 Å². The van der Waals surface area contributed by atoms with Crippen LogP contribution in [-0.4, -0.2) is 24.5 Å². The summed E-state index contributed by atoms with van der Waals surface area (Å²) in [5.41, 5.74) is 0.739. The van der Waals surface area contributed by atoms with Crippen molar-refractivity contribution < 1.29 is 23.0 Å². The highest BCUT2D eigenvalue weighted by molar-refractivity contribution is 7.17. The highest BCUT2D eigenvalue weighted by Gasteiger charge is 2.27. The van der Waals surface area contributed by atoms with E-state index in [1.54, 1.807) is 6.07 Å². The van der Waals surface area contributed by atoms with Gasteiger partial charge in [-0.1, -0.05) is 18.2 Å². The van der Waals surface area contributed by atoms with Crippen LogP contribution in [0.2, 0.25) is 0 Å². The highest BCUT2D eigenvalue weighted by Crippen LogP contribution is 2.30. The molecule has 0 radical (unpaired) electrons. The van der Waals surface area contributed by atoms with Gasteiger partial charge in [-0.25, -0.2) is 0 Å². The molecule has 1 unspecified atom stereocenters. The standard InChI is InChI=1S/C13H13F3O2S/c14-13(15,16)8-18-6-4-11(17)10-3-1-2-9-5-7-19-12(9)10/h1-3,5,7,11,17H,4,6,8H2. The molecule has 0 fully saturated rings. The molecule has 1 aromatic carbocycles. The summed E-state index contributed by atoms with van der Waals surface area (Å²) in [4.78, 5) is 0. The van der Waals surface area contributed by atoms with Crippen LogP contribution in [0.1, 0.15) is 18.1 Å². The van der Waals surface area contributed by atoms with Crippen molar-refractivity contribution in [2.45, 2.75) is 18.7 Å². The van der Waals surface area contributed by atoms with Gasteiger partial charge in [0.2, 0.25) is 0 Å². The second-order valence-corrected chi connectivity index (χ2v) is 5.07. The topological polar surface area (TPSA) is 29.5 Å². The lowest BCUT2D eigenvalue weighted by atomic mass is 10.1. The Kier molecular flexibility index (Phi) is 4.44. The number of benzene rings is 1. The molecule has 2 aromatic rings. The summed E-state index contributed by atoms with van der Waals surface area (Å²) in [5.74, 6) is 0. The van der Waals surface area contributed by atoms with Crippen molar-refractivity contribution in [3.63, 3.8) is 0 Å². The summed E-state index contributed by atoms with van der Waals surface area (Å²) in [6.07, 6.45) is -4.98. The van der Waals surface area contributed by atoms with Crippen LogP contribution in [0.15, 0.2) is 29.6 Å². The number of aliphatic hydroxyl groups excluding tert-OH is 1. The number of hydrogen-bond donors (Lipinski definition) is 1. The Labute approximate surface area is 112 Å². The van der Waals surface area contributed by atoms with E-state index in [-0.39, 0.29) is 13.0 Å². The molecule has 1 N–H and O–H groups in total. The molecule has 0 spiro atoms. The van der Waals surface area contributed by atoms with Crippen molar-refractivity contribution in [3.8, 4) is 0 Å². The minimum atomic E-state index is -4.32. The Bertz CT molecular complexity index is 536. The number of fused-ring (bicyclic) bond motifs is 1. The number of halogens is 3. The second kappa shape index (κ2) is 5.90. The average molecular weight is 290 g/mol. The van der Waals surface area contributed by atoms with Crippen LogP contribution < -0.4 is 0 Å². The van der Waals surface area contributed by atoms with E-state index in [0.717, 1.165) is 15.6 Å². The number of hydrogen-bond acceptors (Lipinski definition) is 3. The Hall–Kier alpha value is -1.11. The Balaban J connectivity index is 1.93. The lowest BCUT2D eigenvalue weighted by Gasteiger charge is -2.13. The van der Waals surface area contributed by atoms with Crippen molar-refractivity contribution in [1.82, 2.24) is 0 Å². The normalized spacial score (nSPS) is 13.9. The maximum atomic E-state index is 11.9. The fourth-order valence-corrected chi connectivity index (χ4v) is 2.78. The van der Waals surface area contributed by atoms with Crippen LogP contribution in [0.4, 0.5) is 13.2 Å². The van der Waals surface area contributed by atoms with Crippen LogP contribution in [0, 0.1) is 0 Å². The molecule has 0 aliphatic heterocycles. The molecule has 19 heavy (non-hydrogen) atoms. The van der Waals surface area contributed by atoms with Gasteiger partial charge < -0.3 is 9.84 Å². The summed E-state index contributed by atoms with van der Waals surface area (Å²) >= 11 is 1.50. The highest BCUT2D eigenvalue weighted by atomic mass is 32.1. The van der Waals surface area contributed by atoms with E-state index in [0.29, 0.717) is 0 Å². The van der Waals surface area contributed by atoms with Gasteiger partial charge in [0.25, 0.3) is 0 Å². The van der Waals surface area contributed by atoms with Crippen LogP contribution in [-0.2, 0) is 4.74 Å². The Morgan fingerprint density at radius 2 is 2.05 bits per heavy atom. The van der Waals surface area contributed by atoms with E-state index in [1.807, 2.05) is 23.6 Å². The first-order chi connectivity index (χ1) is 8.97. The number of ether oxygens (including phenoxy) is 1. The van der Waals surface area contributed by atoms with Crippen LogP contribution in [0.5, 0.6) is 0 Å². The molecule has 2 nitrogen and oxygen atoms in total. The van der Waals surface area contributed by atoms with Gasteiger partial charge >= 0.3 is 6.18 Å². The lowest BCUT2D eigenvalue weighted by Crippen LogP contribution is -2.18. The summed E-state index contributed by atoms with van der Waals surface area (Å²) < 4.78 is 41.1. The molecule has 0 saturated heterocycles. The summed E-state index contributed by atoms with van der Waals surface area (Å²) in [6, 6.07) is 7.48. The minimum absolute atomic E-state index is 0.123. The molecule has 1 atom stereocenters. The van der Waals surface area contributed by atoms with E-state index < -0.39 is 18.9 Å². The summed E-state index contributed by atoms with van der Waals surface area (Å²) in [6.45, 7) is -1.40. The quantitative estimate of drug-likeness (QED) is 0.846. The molecule has 0 bridgehead atoms. The Morgan fingerprint density at radius 1 is 1.26 bits per heavy atom. The van der Waals surface area contributed by atoms with Gasteiger partial charge in [-0.2, -0.15) is 13.2 Å². The third kappa shape index (κ3) is 3.92. The first-order valence-electron chi connectivity index (χ1n) is 5.76. The van der Waals surface area contributed by atoms with Crippen molar-refractivity contribution in [1.29, 1.82) is 0 Å². The molecule has 1 heterocycles. The van der Waals surface area contributed by atoms with Crippen LogP contribution in [0.3, 0.4) is 0 Å². The van der Waals surface area contributed by atoms with Gasteiger partial charge in [-0.05, 0) is 22.4 Å². The average Bonchev–Trinajstić information content (AvgIpc) is 2.81. The van der Waals surface area contributed by atoms with Crippen molar-refractivity contribution in [2.24, 2.45) is 0 Å². The van der Waals surface area contributed by atoms with E-state index in [1.165, 1.54) is 11.3 Å². The summed E-state index contributed by atoms with van der Waals surface area (Å²) in [5, 5.41) is 13.0. The largest absolute Gasteiger partial charge is 0.411 e. The predicted molar refractivity (Wildman–Crippen MR) is 68.3 cm³/mol. The molecule has 0 aliphatic carbocycles. The van der Waals surface area contributed by atoms with Gasteiger partial charge in [-0.15, -0.1) is 11.3 Å². The molecule has 0 saturated carbocycles. The van der Waals surface area contributed by atoms with E-state index in [9.17, 15) is 18.3 Å². The van der Waals surface area contributed by atoms with Gasteiger partial charge in [0.05, 0.1) is 6.10 Å². The third-order valence-corrected chi connectivity index (χ3v) is 3.65. The van der Waals surface area contributed by atoms with Crippen LogP contribution >= 0.6 is 11.3 Å². The fourth-order valence-electron chi connectivity index (χ4n) is 1.82. The first kappa shape index (κ1) is 14.3. The first-order valence-corrected chi connectivity index (χ1v) is 6.64. The van der Waals surface area contributed by atoms with Crippen molar-refractivity contribution >= 4 is 21.4 Å². The molecule has 2 rings (SSSR count).